The lowest BCUT2D eigenvalue weighted by atomic mass is 9.89. The van der Waals surface area contributed by atoms with Crippen LogP contribution in [-0.2, 0) is 6.54 Å². The third-order valence-electron chi connectivity index (χ3n) is 5.06. The maximum atomic E-state index is 13.8. The Morgan fingerprint density at radius 2 is 2.21 bits per heavy atom. The molecule has 3 unspecified atom stereocenters. The van der Waals surface area contributed by atoms with Crippen LogP contribution in [0, 0.1) is 28.3 Å². The number of fused-ring (bicyclic) bond motifs is 3. The van der Waals surface area contributed by atoms with Gasteiger partial charge in [0.2, 0.25) is 0 Å². The third-order valence-corrected chi connectivity index (χ3v) is 5.38. The van der Waals surface area contributed by atoms with Gasteiger partial charge in [-0.2, -0.15) is 0 Å². The average molecular weight is 276 g/mol. The van der Waals surface area contributed by atoms with Crippen LogP contribution in [0.2, 0.25) is 0 Å². The van der Waals surface area contributed by atoms with Crippen molar-refractivity contribution in [1.82, 2.24) is 9.55 Å². The molecule has 2 aliphatic rings. The minimum absolute atomic E-state index is 0.213. The average Bonchev–Trinajstić information content (AvgIpc) is 3.07. The molecule has 1 aromatic carbocycles. The lowest BCUT2D eigenvalue weighted by Crippen LogP contribution is -2.17. The molecule has 19 heavy (non-hydrogen) atoms. The Labute approximate surface area is 116 Å². The SMILES string of the molecule is Fc1cccc2c1[nH]c(=S)n2CC1CC2CCC1C2. The van der Waals surface area contributed by atoms with E-state index >= 15 is 0 Å². The quantitative estimate of drug-likeness (QED) is 0.812. The highest BCUT2D eigenvalue weighted by molar-refractivity contribution is 7.71. The molecular formula is C15H17FN2S. The summed E-state index contributed by atoms with van der Waals surface area (Å²) in [6.07, 6.45) is 5.51. The highest BCUT2D eigenvalue weighted by atomic mass is 32.1. The fourth-order valence-electron chi connectivity index (χ4n) is 4.16. The van der Waals surface area contributed by atoms with Crippen molar-refractivity contribution >= 4 is 23.3 Å². The molecule has 0 amide bonds. The number of aromatic amines is 1. The summed E-state index contributed by atoms with van der Waals surface area (Å²) in [7, 11) is 0. The molecule has 2 aliphatic carbocycles. The Kier molecular flexibility index (Phi) is 2.56. The van der Waals surface area contributed by atoms with Crippen LogP contribution in [0.15, 0.2) is 18.2 Å². The molecule has 2 saturated carbocycles. The Morgan fingerprint density at radius 1 is 1.32 bits per heavy atom. The van der Waals surface area contributed by atoms with E-state index in [1.807, 2.05) is 6.07 Å². The Hall–Kier alpha value is -1.16. The highest BCUT2D eigenvalue weighted by Gasteiger charge is 2.39. The molecule has 1 heterocycles. The number of nitrogens with one attached hydrogen (secondary N) is 1. The number of H-pyrrole nitrogens is 1. The van der Waals surface area contributed by atoms with Crippen LogP contribution in [0.25, 0.3) is 11.0 Å². The normalized spacial score (nSPS) is 29.4. The Balaban J connectivity index is 1.73. The molecule has 2 fully saturated rings. The van der Waals surface area contributed by atoms with E-state index in [-0.39, 0.29) is 5.82 Å². The van der Waals surface area contributed by atoms with Crippen molar-refractivity contribution in [2.24, 2.45) is 17.8 Å². The lowest BCUT2D eigenvalue weighted by molar-refractivity contribution is 0.297. The number of aromatic nitrogens is 2. The summed E-state index contributed by atoms with van der Waals surface area (Å²) in [5, 5.41) is 0. The van der Waals surface area contributed by atoms with Crippen molar-refractivity contribution in [3.63, 3.8) is 0 Å². The van der Waals surface area contributed by atoms with Crippen molar-refractivity contribution in [1.29, 1.82) is 0 Å². The van der Waals surface area contributed by atoms with Crippen molar-refractivity contribution in [2.45, 2.75) is 32.2 Å². The first kappa shape index (κ1) is 11.6. The van der Waals surface area contributed by atoms with Gasteiger partial charge in [0.1, 0.15) is 11.3 Å². The number of para-hydroxylation sites is 1. The second-order valence-corrected chi connectivity index (χ2v) is 6.50. The summed E-state index contributed by atoms with van der Waals surface area (Å²) >= 11 is 5.37. The molecule has 1 aromatic heterocycles. The van der Waals surface area contributed by atoms with Gasteiger partial charge in [-0.05, 0) is 61.4 Å². The van der Waals surface area contributed by atoms with Gasteiger partial charge in [0, 0.05) is 6.54 Å². The summed E-state index contributed by atoms with van der Waals surface area (Å²) < 4.78 is 16.5. The number of benzene rings is 1. The van der Waals surface area contributed by atoms with Crippen LogP contribution < -0.4 is 0 Å². The molecule has 0 radical (unpaired) electrons. The van der Waals surface area contributed by atoms with E-state index in [1.165, 1.54) is 31.7 Å². The monoisotopic (exact) mass is 276 g/mol. The van der Waals surface area contributed by atoms with Gasteiger partial charge in [0.15, 0.2) is 4.77 Å². The maximum Gasteiger partial charge on any atom is 0.178 e. The summed E-state index contributed by atoms with van der Waals surface area (Å²) in [6, 6.07) is 5.20. The van der Waals surface area contributed by atoms with Gasteiger partial charge in [-0.1, -0.05) is 12.5 Å². The Bertz CT molecular complexity index is 687. The minimum Gasteiger partial charge on any atom is -0.328 e. The molecule has 2 aromatic rings. The second-order valence-electron chi connectivity index (χ2n) is 6.11. The van der Waals surface area contributed by atoms with Gasteiger partial charge in [0.25, 0.3) is 0 Å². The van der Waals surface area contributed by atoms with E-state index in [9.17, 15) is 4.39 Å². The molecule has 0 aliphatic heterocycles. The van der Waals surface area contributed by atoms with Crippen molar-refractivity contribution in [3.8, 4) is 0 Å². The molecule has 4 rings (SSSR count). The van der Waals surface area contributed by atoms with Gasteiger partial charge >= 0.3 is 0 Å². The van der Waals surface area contributed by atoms with E-state index < -0.39 is 0 Å². The zero-order valence-electron chi connectivity index (χ0n) is 10.7. The number of hydrogen-bond donors (Lipinski definition) is 1. The molecule has 1 N–H and O–H groups in total. The third kappa shape index (κ3) is 1.76. The van der Waals surface area contributed by atoms with E-state index in [4.69, 9.17) is 12.2 Å². The van der Waals surface area contributed by atoms with E-state index in [0.717, 1.165) is 29.8 Å². The van der Waals surface area contributed by atoms with E-state index in [1.54, 1.807) is 6.07 Å². The zero-order chi connectivity index (χ0) is 13.0. The van der Waals surface area contributed by atoms with Crippen LogP contribution in [-0.4, -0.2) is 9.55 Å². The minimum atomic E-state index is -0.213. The van der Waals surface area contributed by atoms with Gasteiger partial charge in [-0.3, -0.25) is 0 Å². The molecule has 100 valence electrons. The number of hydrogen-bond acceptors (Lipinski definition) is 1. The topological polar surface area (TPSA) is 20.7 Å². The molecule has 3 atom stereocenters. The van der Waals surface area contributed by atoms with Gasteiger partial charge in [-0.25, -0.2) is 4.39 Å². The van der Waals surface area contributed by atoms with Gasteiger partial charge in [0.05, 0.1) is 5.52 Å². The van der Waals surface area contributed by atoms with Crippen LogP contribution in [0.5, 0.6) is 0 Å². The zero-order valence-corrected chi connectivity index (χ0v) is 11.5. The van der Waals surface area contributed by atoms with E-state index in [0.29, 0.717) is 10.3 Å². The molecule has 4 heteroatoms. The fourth-order valence-corrected chi connectivity index (χ4v) is 4.44. The van der Waals surface area contributed by atoms with Gasteiger partial charge < -0.3 is 9.55 Å². The lowest BCUT2D eigenvalue weighted by Gasteiger charge is -2.22. The number of nitrogens with zero attached hydrogens (tertiary/aromatic N) is 1. The first-order valence-electron chi connectivity index (χ1n) is 7.09. The predicted octanol–water partition coefficient (Wildman–Crippen LogP) is 4.27. The summed E-state index contributed by atoms with van der Waals surface area (Å²) in [4.78, 5) is 3.02. The van der Waals surface area contributed by atoms with Crippen molar-refractivity contribution in [2.75, 3.05) is 0 Å². The number of halogens is 1. The predicted molar refractivity (Wildman–Crippen MR) is 76.0 cm³/mol. The van der Waals surface area contributed by atoms with Crippen LogP contribution in [0.4, 0.5) is 4.39 Å². The summed E-state index contributed by atoms with van der Waals surface area (Å²) in [5.41, 5.74) is 1.46. The first-order chi connectivity index (χ1) is 9.22. The van der Waals surface area contributed by atoms with Gasteiger partial charge in [-0.15, -0.1) is 0 Å². The Morgan fingerprint density at radius 3 is 2.95 bits per heavy atom. The number of imidazole rings is 1. The largest absolute Gasteiger partial charge is 0.328 e. The smallest absolute Gasteiger partial charge is 0.178 e. The summed E-state index contributed by atoms with van der Waals surface area (Å²) in [6.45, 7) is 0.948. The number of rotatable bonds is 2. The second kappa shape index (κ2) is 4.17. The van der Waals surface area contributed by atoms with Crippen LogP contribution in [0.3, 0.4) is 0 Å². The molecular weight excluding hydrogens is 259 g/mol. The maximum absolute atomic E-state index is 13.8. The summed E-state index contributed by atoms with van der Waals surface area (Å²) in [5.74, 6) is 2.32. The highest BCUT2D eigenvalue weighted by Crippen LogP contribution is 2.49. The van der Waals surface area contributed by atoms with Crippen LogP contribution >= 0.6 is 12.2 Å². The van der Waals surface area contributed by atoms with Crippen molar-refractivity contribution < 1.29 is 4.39 Å². The van der Waals surface area contributed by atoms with Crippen LogP contribution in [0.1, 0.15) is 25.7 Å². The standard InChI is InChI=1S/C15H17FN2S/c16-12-2-1-3-13-14(12)17-15(19)18(13)8-11-7-9-4-5-10(11)6-9/h1-3,9-11H,4-8H2,(H,17,19). The van der Waals surface area contributed by atoms with Crippen molar-refractivity contribution in [3.05, 3.63) is 28.8 Å². The molecule has 2 nitrogen and oxygen atoms in total. The fraction of sp³-hybridized carbons (Fsp3) is 0.533. The molecule has 0 saturated heterocycles. The van der Waals surface area contributed by atoms with E-state index in [2.05, 4.69) is 9.55 Å². The molecule has 2 bridgehead atoms. The first-order valence-corrected chi connectivity index (χ1v) is 7.50. The molecule has 0 spiro atoms.